The van der Waals surface area contributed by atoms with E-state index in [1.807, 2.05) is 6.07 Å². The van der Waals surface area contributed by atoms with E-state index in [0.29, 0.717) is 6.79 Å². The molecular formula is C20H22NO6+. The number of aryl methyl sites for hydroxylation is 2. The minimum Gasteiger partial charge on any atom is -0.493 e. The molecule has 0 unspecified atom stereocenters. The molecule has 2 aliphatic rings. The first-order chi connectivity index (χ1) is 12.3. The van der Waals surface area contributed by atoms with Crippen LogP contribution in [0.5, 0.6) is 23.0 Å². The maximum atomic E-state index is 5.60. The van der Waals surface area contributed by atoms with Gasteiger partial charge in [0.05, 0.1) is 25.2 Å². The molecule has 0 bridgehead atoms. The first-order valence-electron chi connectivity index (χ1n) is 8.29. The molecule has 0 radical (unpaired) electrons. The molecule has 0 atom stereocenters. The lowest BCUT2D eigenvalue weighted by Crippen LogP contribution is -2.40. The minimum atomic E-state index is 0. The Morgan fingerprint density at radius 1 is 0.963 bits per heavy atom. The van der Waals surface area contributed by atoms with Gasteiger partial charge in [-0.15, -0.1) is 0 Å². The lowest BCUT2D eigenvalue weighted by Gasteiger charge is -2.17. The van der Waals surface area contributed by atoms with Crippen molar-refractivity contribution in [3.05, 3.63) is 42.1 Å². The van der Waals surface area contributed by atoms with Gasteiger partial charge in [0.1, 0.15) is 0 Å². The second kappa shape index (κ2) is 6.94. The fraction of sp³-hybridized carbons (Fsp3) is 0.250. The van der Waals surface area contributed by atoms with Gasteiger partial charge in [-0.05, 0) is 35.2 Å². The van der Waals surface area contributed by atoms with E-state index in [1.165, 1.54) is 16.8 Å². The van der Waals surface area contributed by atoms with Gasteiger partial charge in [-0.1, -0.05) is 0 Å². The van der Waals surface area contributed by atoms with Crippen LogP contribution in [0.2, 0.25) is 0 Å². The Hall–Kier alpha value is -3.03. The monoisotopic (exact) mass is 372 g/mol. The van der Waals surface area contributed by atoms with E-state index in [0.717, 1.165) is 46.7 Å². The summed E-state index contributed by atoms with van der Waals surface area (Å²) in [6.45, 7) is 1.21. The summed E-state index contributed by atoms with van der Waals surface area (Å²) in [5.74, 6) is 3.18. The van der Waals surface area contributed by atoms with Crippen LogP contribution in [0.3, 0.4) is 0 Å². The standard InChI is InChI=1S/C20H18NO4.2H2O/c1-22-17-4-3-12-7-16-14-9-19-18(24-11-25-19)8-13(14)5-6-21(16)10-15(12)20(17)23-2;;/h3-4,7-10H,5-6,11H2,1-2H3;2*1H2/q+1;;. The number of hydrogen-bond donors (Lipinski definition) is 0. The highest BCUT2D eigenvalue weighted by atomic mass is 16.7. The number of pyridine rings is 1. The van der Waals surface area contributed by atoms with E-state index >= 15 is 0 Å². The maximum absolute atomic E-state index is 5.60. The third-order valence-electron chi connectivity index (χ3n) is 5.00. The first kappa shape index (κ1) is 18.8. The predicted molar refractivity (Wildman–Crippen MR) is 99.7 cm³/mol. The molecule has 7 heteroatoms. The van der Waals surface area contributed by atoms with E-state index in [-0.39, 0.29) is 11.0 Å². The van der Waals surface area contributed by atoms with Gasteiger partial charge in [0, 0.05) is 12.5 Å². The number of aromatic nitrogens is 1. The quantitative estimate of drug-likeness (QED) is 0.635. The highest BCUT2D eigenvalue weighted by Gasteiger charge is 2.28. The molecular weight excluding hydrogens is 350 g/mol. The van der Waals surface area contributed by atoms with Crippen molar-refractivity contribution in [3.8, 4) is 34.3 Å². The summed E-state index contributed by atoms with van der Waals surface area (Å²) >= 11 is 0. The number of nitrogens with zero attached hydrogens (tertiary/aromatic N) is 1. The normalized spacial score (nSPS) is 13.1. The smallest absolute Gasteiger partial charge is 0.231 e. The Bertz CT molecular complexity index is 1020. The summed E-state index contributed by atoms with van der Waals surface area (Å²) < 4.78 is 24.4. The molecule has 3 heterocycles. The Kier molecular flexibility index (Phi) is 4.82. The van der Waals surface area contributed by atoms with Crippen LogP contribution in [0.4, 0.5) is 0 Å². The van der Waals surface area contributed by atoms with Gasteiger partial charge in [-0.3, -0.25) is 0 Å². The van der Waals surface area contributed by atoms with Crippen molar-refractivity contribution in [1.29, 1.82) is 0 Å². The predicted octanol–water partition coefficient (Wildman–Crippen LogP) is 1.45. The number of fused-ring (bicyclic) bond motifs is 5. The van der Waals surface area contributed by atoms with Crippen molar-refractivity contribution in [2.24, 2.45) is 0 Å². The second-order valence-electron chi connectivity index (χ2n) is 6.27. The van der Waals surface area contributed by atoms with E-state index < -0.39 is 0 Å². The summed E-state index contributed by atoms with van der Waals surface area (Å²) in [6, 6.07) is 10.4. The SMILES string of the molecule is COc1ccc2cc3[n+](cc2c1OC)CCc1cc2c(cc1-3)OCO2.O.O. The summed E-state index contributed by atoms with van der Waals surface area (Å²) in [7, 11) is 3.34. The summed E-state index contributed by atoms with van der Waals surface area (Å²) in [4.78, 5) is 0. The Morgan fingerprint density at radius 2 is 1.74 bits per heavy atom. The van der Waals surface area contributed by atoms with Crippen LogP contribution in [0.25, 0.3) is 22.0 Å². The van der Waals surface area contributed by atoms with Crippen LogP contribution in [-0.4, -0.2) is 32.0 Å². The van der Waals surface area contributed by atoms with Crippen molar-refractivity contribution in [2.75, 3.05) is 21.0 Å². The summed E-state index contributed by atoms with van der Waals surface area (Å²) in [5, 5.41) is 2.17. The largest absolute Gasteiger partial charge is 0.493 e. The van der Waals surface area contributed by atoms with Gasteiger partial charge in [0.15, 0.2) is 35.7 Å². The van der Waals surface area contributed by atoms with E-state index in [4.69, 9.17) is 18.9 Å². The molecule has 0 saturated carbocycles. The molecule has 0 spiro atoms. The molecule has 142 valence electrons. The van der Waals surface area contributed by atoms with E-state index in [1.54, 1.807) is 14.2 Å². The van der Waals surface area contributed by atoms with Crippen molar-refractivity contribution >= 4 is 10.8 Å². The molecule has 1 aromatic heterocycles. The fourth-order valence-electron chi connectivity index (χ4n) is 3.77. The van der Waals surface area contributed by atoms with Gasteiger partial charge in [-0.25, -0.2) is 0 Å². The maximum Gasteiger partial charge on any atom is 0.231 e. The van der Waals surface area contributed by atoms with E-state index in [2.05, 4.69) is 35.0 Å². The van der Waals surface area contributed by atoms with Gasteiger partial charge in [0.2, 0.25) is 12.5 Å². The highest BCUT2D eigenvalue weighted by Crippen LogP contribution is 2.41. The van der Waals surface area contributed by atoms with Crippen molar-refractivity contribution in [1.82, 2.24) is 0 Å². The molecule has 3 aromatic rings. The number of benzene rings is 2. The number of rotatable bonds is 2. The fourth-order valence-corrected chi connectivity index (χ4v) is 3.77. The average Bonchev–Trinajstić information content (AvgIpc) is 3.11. The average molecular weight is 372 g/mol. The Labute approximate surface area is 156 Å². The second-order valence-corrected chi connectivity index (χ2v) is 6.27. The van der Waals surface area contributed by atoms with Crippen LogP contribution in [0, 0.1) is 0 Å². The Balaban J connectivity index is 0.00000105. The van der Waals surface area contributed by atoms with Gasteiger partial charge in [-0.2, -0.15) is 4.57 Å². The van der Waals surface area contributed by atoms with Crippen LogP contribution in [0.15, 0.2) is 36.5 Å². The molecule has 7 nitrogen and oxygen atoms in total. The van der Waals surface area contributed by atoms with Crippen LogP contribution >= 0.6 is 0 Å². The molecule has 4 N–H and O–H groups in total. The number of methoxy groups -OCH3 is 2. The molecule has 0 amide bonds. The third-order valence-corrected chi connectivity index (χ3v) is 5.00. The third kappa shape index (κ3) is 2.72. The lowest BCUT2D eigenvalue weighted by atomic mass is 9.95. The summed E-state index contributed by atoms with van der Waals surface area (Å²) in [6.07, 6.45) is 3.11. The summed E-state index contributed by atoms with van der Waals surface area (Å²) in [5.41, 5.74) is 3.68. The number of ether oxygens (including phenoxy) is 4. The van der Waals surface area contributed by atoms with Gasteiger partial charge >= 0.3 is 0 Å². The van der Waals surface area contributed by atoms with Gasteiger partial charge < -0.3 is 29.9 Å². The molecule has 5 rings (SSSR count). The zero-order chi connectivity index (χ0) is 17.0. The first-order valence-corrected chi connectivity index (χ1v) is 8.29. The zero-order valence-corrected chi connectivity index (χ0v) is 15.2. The minimum absolute atomic E-state index is 0. The Morgan fingerprint density at radius 3 is 2.48 bits per heavy atom. The van der Waals surface area contributed by atoms with Crippen molar-refractivity contribution in [3.63, 3.8) is 0 Å². The number of hydrogen-bond acceptors (Lipinski definition) is 4. The zero-order valence-electron chi connectivity index (χ0n) is 15.2. The van der Waals surface area contributed by atoms with Crippen molar-refractivity contribution in [2.45, 2.75) is 13.0 Å². The molecule has 0 saturated heterocycles. The van der Waals surface area contributed by atoms with Crippen LogP contribution in [-0.2, 0) is 13.0 Å². The van der Waals surface area contributed by atoms with Crippen LogP contribution in [0.1, 0.15) is 5.56 Å². The topological polar surface area (TPSA) is 104 Å². The highest BCUT2D eigenvalue weighted by molar-refractivity contribution is 5.91. The molecule has 27 heavy (non-hydrogen) atoms. The molecule has 2 aromatic carbocycles. The molecule has 0 aliphatic carbocycles. The molecule has 2 aliphatic heterocycles. The molecule has 0 fully saturated rings. The lowest BCUT2D eigenvalue weighted by molar-refractivity contribution is -0.686. The van der Waals surface area contributed by atoms with Crippen LogP contribution < -0.4 is 23.5 Å². The van der Waals surface area contributed by atoms with Crippen molar-refractivity contribution < 1.29 is 34.5 Å². The van der Waals surface area contributed by atoms with E-state index in [9.17, 15) is 0 Å². The van der Waals surface area contributed by atoms with Gasteiger partial charge in [0.25, 0.3) is 0 Å².